The monoisotopic (exact) mass is 379 g/mol. The maximum Gasteiger partial charge on any atom is 0.251 e. The molecule has 2 aromatic rings. The minimum atomic E-state index is -0.207. The molecule has 0 unspecified atom stereocenters. The number of rotatable bonds is 6. The van der Waals surface area contributed by atoms with E-state index in [2.05, 4.69) is 46.7 Å². The molecule has 0 saturated carbocycles. The van der Waals surface area contributed by atoms with Crippen LogP contribution in [0, 0.1) is 13.8 Å². The minimum absolute atomic E-state index is 0.0106. The van der Waals surface area contributed by atoms with Gasteiger partial charge in [0.05, 0.1) is 6.54 Å². The number of benzene rings is 2. The van der Waals surface area contributed by atoms with E-state index in [1.165, 1.54) is 11.1 Å². The Morgan fingerprint density at radius 1 is 1.04 bits per heavy atom. The first-order valence-electron chi connectivity index (χ1n) is 9.92. The number of likely N-dealkylation sites (tertiary alicyclic amines) is 1. The molecule has 2 aromatic carbocycles. The lowest BCUT2D eigenvalue weighted by Gasteiger charge is -2.32. The summed E-state index contributed by atoms with van der Waals surface area (Å²) >= 11 is 0. The Balaban J connectivity index is 1.39. The molecule has 0 spiro atoms. The van der Waals surface area contributed by atoms with E-state index >= 15 is 0 Å². The number of carbonyl (C=O) groups excluding carboxylic acids is 2. The number of hydrogen-bond acceptors (Lipinski definition) is 3. The first-order valence-corrected chi connectivity index (χ1v) is 9.92. The highest BCUT2D eigenvalue weighted by molar-refractivity contribution is 5.97. The predicted octanol–water partition coefficient (Wildman–Crippen LogP) is 2.81. The van der Waals surface area contributed by atoms with Gasteiger partial charge in [-0.3, -0.25) is 14.5 Å². The van der Waals surface area contributed by atoms with Gasteiger partial charge >= 0.3 is 0 Å². The van der Waals surface area contributed by atoms with Crippen molar-refractivity contribution in [3.8, 4) is 0 Å². The van der Waals surface area contributed by atoms with E-state index in [4.69, 9.17) is 0 Å². The van der Waals surface area contributed by atoms with Gasteiger partial charge in [-0.25, -0.2) is 0 Å². The van der Waals surface area contributed by atoms with E-state index in [1.807, 2.05) is 25.1 Å². The van der Waals surface area contributed by atoms with Gasteiger partial charge in [-0.1, -0.05) is 48.0 Å². The van der Waals surface area contributed by atoms with Gasteiger partial charge in [0.2, 0.25) is 5.91 Å². The molecule has 0 atom stereocenters. The molecule has 28 heavy (non-hydrogen) atoms. The van der Waals surface area contributed by atoms with Crippen LogP contribution >= 0.6 is 0 Å². The van der Waals surface area contributed by atoms with Gasteiger partial charge in [-0.15, -0.1) is 0 Å². The summed E-state index contributed by atoms with van der Waals surface area (Å²) < 4.78 is 0. The smallest absolute Gasteiger partial charge is 0.251 e. The van der Waals surface area contributed by atoms with Gasteiger partial charge in [-0.05, 0) is 43.9 Å². The van der Waals surface area contributed by atoms with Crippen molar-refractivity contribution < 1.29 is 9.59 Å². The number of aryl methyl sites for hydroxylation is 2. The second-order valence-corrected chi connectivity index (χ2v) is 7.60. The van der Waals surface area contributed by atoms with E-state index in [9.17, 15) is 9.59 Å². The molecule has 5 heteroatoms. The van der Waals surface area contributed by atoms with Gasteiger partial charge in [0, 0.05) is 31.2 Å². The molecule has 0 radical (unpaired) electrons. The zero-order valence-corrected chi connectivity index (χ0v) is 16.7. The maximum atomic E-state index is 12.2. The second-order valence-electron chi connectivity index (χ2n) is 7.60. The molecule has 0 aliphatic carbocycles. The Labute approximate surface area is 167 Å². The summed E-state index contributed by atoms with van der Waals surface area (Å²) in [6, 6.07) is 16.2. The number of amides is 2. The summed E-state index contributed by atoms with van der Waals surface area (Å²) in [5, 5.41) is 5.77. The SMILES string of the molecule is Cc1cccc(CN2CCC(NC(=O)CNC(=O)c3ccccc3C)CC2)c1. The van der Waals surface area contributed by atoms with Gasteiger partial charge in [0.1, 0.15) is 0 Å². The third-order valence-corrected chi connectivity index (χ3v) is 5.24. The van der Waals surface area contributed by atoms with Crippen LogP contribution in [0.2, 0.25) is 0 Å². The van der Waals surface area contributed by atoms with Crippen LogP contribution < -0.4 is 10.6 Å². The van der Waals surface area contributed by atoms with Crippen molar-refractivity contribution in [1.29, 1.82) is 0 Å². The summed E-state index contributed by atoms with van der Waals surface area (Å²) in [4.78, 5) is 26.8. The second kappa shape index (κ2) is 9.51. The van der Waals surface area contributed by atoms with Gasteiger partial charge < -0.3 is 10.6 Å². The molecule has 1 saturated heterocycles. The third kappa shape index (κ3) is 5.67. The Hall–Kier alpha value is -2.66. The van der Waals surface area contributed by atoms with E-state index in [0.717, 1.165) is 38.0 Å². The average Bonchev–Trinajstić information content (AvgIpc) is 2.68. The molecular formula is C23H29N3O2. The normalized spacial score (nSPS) is 15.2. The summed E-state index contributed by atoms with van der Waals surface area (Å²) in [5.41, 5.74) is 4.13. The van der Waals surface area contributed by atoms with Crippen molar-refractivity contribution in [2.24, 2.45) is 0 Å². The number of nitrogens with one attached hydrogen (secondary N) is 2. The summed E-state index contributed by atoms with van der Waals surface area (Å²) in [6.07, 6.45) is 1.87. The Kier molecular flexibility index (Phi) is 6.82. The standard InChI is InChI=1S/C23H29N3O2/c1-17-6-5-8-19(14-17)16-26-12-10-20(11-13-26)25-22(27)15-24-23(28)21-9-4-3-7-18(21)2/h3-9,14,20H,10-13,15-16H2,1-2H3,(H,24,28)(H,25,27). The lowest BCUT2D eigenvalue weighted by Crippen LogP contribution is -2.47. The van der Waals surface area contributed by atoms with Crippen LogP contribution in [0.3, 0.4) is 0 Å². The van der Waals surface area contributed by atoms with E-state index in [1.54, 1.807) is 6.07 Å². The largest absolute Gasteiger partial charge is 0.352 e. The first-order chi connectivity index (χ1) is 13.5. The molecular weight excluding hydrogens is 350 g/mol. The topological polar surface area (TPSA) is 61.4 Å². The fraction of sp³-hybridized carbons (Fsp3) is 0.391. The highest BCUT2D eigenvalue weighted by Gasteiger charge is 2.21. The van der Waals surface area contributed by atoms with E-state index in [-0.39, 0.29) is 24.4 Å². The van der Waals surface area contributed by atoms with Crippen molar-refractivity contribution >= 4 is 11.8 Å². The van der Waals surface area contributed by atoms with Crippen LogP contribution in [-0.4, -0.2) is 42.4 Å². The molecule has 148 valence electrons. The molecule has 1 aliphatic heterocycles. The summed E-state index contributed by atoms with van der Waals surface area (Å²) in [7, 11) is 0. The molecule has 3 rings (SSSR count). The molecule has 0 aromatic heterocycles. The first kappa shape index (κ1) is 20.1. The number of carbonyl (C=O) groups is 2. The fourth-order valence-electron chi connectivity index (χ4n) is 3.67. The molecule has 2 N–H and O–H groups in total. The number of nitrogens with zero attached hydrogens (tertiary/aromatic N) is 1. The Bertz CT molecular complexity index is 826. The fourth-order valence-corrected chi connectivity index (χ4v) is 3.67. The molecule has 2 amide bonds. The molecule has 0 bridgehead atoms. The summed E-state index contributed by atoms with van der Waals surface area (Å²) in [6.45, 7) is 6.90. The molecule has 5 nitrogen and oxygen atoms in total. The zero-order chi connectivity index (χ0) is 19.9. The van der Waals surface area contributed by atoms with Crippen molar-refractivity contribution in [2.75, 3.05) is 19.6 Å². The maximum absolute atomic E-state index is 12.2. The zero-order valence-electron chi connectivity index (χ0n) is 16.7. The van der Waals surface area contributed by atoms with Crippen molar-refractivity contribution in [2.45, 2.75) is 39.3 Å². The highest BCUT2D eigenvalue weighted by Crippen LogP contribution is 2.14. The van der Waals surface area contributed by atoms with Gasteiger partial charge in [-0.2, -0.15) is 0 Å². The van der Waals surface area contributed by atoms with E-state index < -0.39 is 0 Å². The predicted molar refractivity (Wildman–Crippen MR) is 111 cm³/mol. The van der Waals surface area contributed by atoms with Crippen LogP contribution in [0.5, 0.6) is 0 Å². The summed E-state index contributed by atoms with van der Waals surface area (Å²) in [5.74, 6) is -0.333. The highest BCUT2D eigenvalue weighted by atomic mass is 16.2. The van der Waals surface area contributed by atoms with Crippen LogP contribution in [-0.2, 0) is 11.3 Å². The van der Waals surface area contributed by atoms with Gasteiger partial charge in [0.25, 0.3) is 5.91 Å². The van der Waals surface area contributed by atoms with Crippen LogP contribution in [0.15, 0.2) is 48.5 Å². The van der Waals surface area contributed by atoms with Crippen LogP contribution in [0.25, 0.3) is 0 Å². The van der Waals surface area contributed by atoms with Crippen molar-refractivity contribution in [3.05, 3.63) is 70.8 Å². The van der Waals surface area contributed by atoms with Crippen molar-refractivity contribution in [1.82, 2.24) is 15.5 Å². The molecule has 1 fully saturated rings. The van der Waals surface area contributed by atoms with E-state index in [0.29, 0.717) is 5.56 Å². The lowest BCUT2D eigenvalue weighted by molar-refractivity contribution is -0.121. The van der Waals surface area contributed by atoms with Crippen LogP contribution in [0.1, 0.15) is 39.9 Å². The molecule has 1 aliphatic rings. The molecule has 1 heterocycles. The third-order valence-electron chi connectivity index (χ3n) is 5.24. The van der Waals surface area contributed by atoms with Gasteiger partial charge in [0.15, 0.2) is 0 Å². The van der Waals surface area contributed by atoms with Crippen molar-refractivity contribution in [3.63, 3.8) is 0 Å². The minimum Gasteiger partial charge on any atom is -0.352 e. The average molecular weight is 380 g/mol. The van der Waals surface area contributed by atoms with Crippen LogP contribution in [0.4, 0.5) is 0 Å². The lowest BCUT2D eigenvalue weighted by atomic mass is 10.0. The Morgan fingerprint density at radius 3 is 2.50 bits per heavy atom. The Morgan fingerprint density at radius 2 is 1.79 bits per heavy atom. The quantitative estimate of drug-likeness (QED) is 0.811. The number of hydrogen-bond donors (Lipinski definition) is 2. The number of piperidine rings is 1.